The highest BCUT2D eigenvalue weighted by molar-refractivity contribution is 5.33. The number of nitrogens with zero attached hydrogens (tertiary/aromatic N) is 3. The first-order chi connectivity index (χ1) is 12.3. The molecule has 2 aliphatic heterocycles. The van der Waals surface area contributed by atoms with Crippen LogP contribution in [0.2, 0.25) is 0 Å². The summed E-state index contributed by atoms with van der Waals surface area (Å²) >= 11 is 0. The van der Waals surface area contributed by atoms with Crippen LogP contribution in [0.3, 0.4) is 0 Å². The van der Waals surface area contributed by atoms with Crippen molar-refractivity contribution in [1.82, 2.24) is 13.9 Å². The lowest BCUT2D eigenvalue weighted by atomic mass is 9.59. The van der Waals surface area contributed by atoms with E-state index in [1.165, 1.54) is 4.57 Å². The maximum atomic E-state index is 13.2. The number of benzene rings is 1. The minimum absolute atomic E-state index is 0.101. The van der Waals surface area contributed by atoms with E-state index in [4.69, 9.17) is 0 Å². The Morgan fingerprint density at radius 1 is 0.600 bits per heavy atom. The largest absolute Gasteiger partial charge is 0.352 e. The zero-order chi connectivity index (χ0) is 16.7. The highest BCUT2D eigenvalue weighted by Gasteiger charge is 2.49. The van der Waals surface area contributed by atoms with Gasteiger partial charge in [-0.15, -0.1) is 0 Å². The second-order valence-corrected chi connectivity index (χ2v) is 7.37. The predicted molar refractivity (Wildman–Crippen MR) is 93.7 cm³/mol. The second kappa shape index (κ2) is 4.42. The van der Waals surface area contributed by atoms with Crippen molar-refractivity contribution in [3.05, 3.63) is 87.8 Å². The van der Waals surface area contributed by atoms with Crippen LogP contribution in [0.25, 0.3) is 5.69 Å². The van der Waals surface area contributed by atoms with Crippen LogP contribution in [-0.4, -0.2) is 13.9 Å². The highest BCUT2D eigenvalue weighted by atomic mass is 16.2. The molecule has 6 atom stereocenters. The summed E-state index contributed by atoms with van der Waals surface area (Å²) in [6.45, 7) is 0. The first-order valence-electron chi connectivity index (χ1n) is 8.82. The van der Waals surface area contributed by atoms with E-state index in [2.05, 4.69) is 36.5 Å². The van der Waals surface area contributed by atoms with E-state index in [9.17, 15) is 9.59 Å². The number of hydrogen-bond donors (Lipinski definition) is 0. The molecular formula is C20H17N3O2. The number of hydrogen-bond acceptors (Lipinski definition) is 2. The summed E-state index contributed by atoms with van der Waals surface area (Å²) < 4.78 is 4.71. The zero-order valence-electron chi connectivity index (χ0n) is 13.5. The van der Waals surface area contributed by atoms with Crippen LogP contribution in [0, 0.1) is 23.7 Å². The molecule has 2 aliphatic carbocycles. The summed E-state index contributed by atoms with van der Waals surface area (Å²) in [5.74, 6) is 1.42. The van der Waals surface area contributed by atoms with Gasteiger partial charge in [0.1, 0.15) is 0 Å². The maximum absolute atomic E-state index is 13.2. The van der Waals surface area contributed by atoms with Crippen molar-refractivity contribution >= 4 is 0 Å². The minimum Gasteiger partial charge on any atom is -0.245 e. The number of rotatable bonds is 1. The monoisotopic (exact) mass is 331 g/mol. The van der Waals surface area contributed by atoms with Crippen molar-refractivity contribution in [3.8, 4) is 5.69 Å². The standard InChI is InChI=1S/C20H17N3O2/c24-19-21(12-4-2-1-3-5-12)20(25)23-18-11-10-17(22(19)23)15-8-9-16(18)14-7-6-13(14)15/h1-11,13-18H/t13-,14+,15-,16-,17-,18-/m0/s1. The van der Waals surface area contributed by atoms with E-state index in [-0.39, 0.29) is 35.3 Å². The fourth-order valence-electron chi connectivity index (χ4n) is 5.12. The van der Waals surface area contributed by atoms with Gasteiger partial charge in [0.15, 0.2) is 0 Å². The topological polar surface area (TPSA) is 48.9 Å². The number of allylic oxidation sites excluding steroid dienone is 6. The molecular weight excluding hydrogens is 314 g/mol. The molecule has 124 valence electrons. The van der Waals surface area contributed by atoms with Gasteiger partial charge in [0.25, 0.3) is 0 Å². The molecule has 0 radical (unpaired) electrons. The lowest BCUT2D eigenvalue weighted by Gasteiger charge is -2.50. The molecule has 3 heterocycles. The van der Waals surface area contributed by atoms with Crippen LogP contribution in [0.15, 0.2) is 76.4 Å². The number of aromatic nitrogens is 3. The van der Waals surface area contributed by atoms with Crippen molar-refractivity contribution in [2.24, 2.45) is 23.7 Å². The van der Waals surface area contributed by atoms with Gasteiger partial charge in [0.2, 0.25) is 0 Å². The Morgan fingerprint density at radius 3 is 1.56 bits per heavy atom. The normalized spacial score (nSPS) is 35.8. The molecule has 5 heteroatoms. The molecule has 5 nitrogen and oxygen atoms in total. The van der Waals surface area contributed by atoms with E-state index in [1.54, 1.807) is 9.36 Å². The Labute approximate surface area is 143 Å². The first kappa shape index (κ1) is 13.5. The third-order valence-corrected chi connectivity index (χ3v) is 6.32. The molecule has 25 heavy (non-hydrogen) atoms. The Balaban J connectivity index is 1.66. The van der Waals surface area contributed by atoms with Gasteiger partial charge in [-0.25, -0.2) is 23.5 Å². The SMILES string of the molecule is O=c1n(-c2ccccc2)c(=O)n2n1[C@H]1C=C[C@H]2[C@H]2C=C[C@H]1[C@@H]1C=C[C@@H]12. The molecule has 4 bridgehead atoms. The summed E-state index contributed by atoms with van der Waals surface area (Å²) in [5, 5.41) is 0. The molecule has 0 fully saturated rings. The molecule has 2 aromatic rings. The van der Waals surface area contributed by atoms with Gasteiger partial charge >= 0.3 is 11.4 Å². The number of para-hydroxylation sites is 1. The summed E-state index contributed by atoms with van der Waals surface area (Å²) in [7, 11) is 0. The van der Waals surface area contributed by atoms with Gasteiger partial charge in [-0.05, 0) is 24.0 Å². The summed E-state index contributed by atoms with van der Waals surface area (Å²) in [4.78, 5) is 26.4. The Kier molecular flexibility index (Phi) is 2.38. The van der Waals surface area contributed by atoms with E-state index < -0.39 is 0 Å². The predicted octanol–water partition coefficient (Wildman–Crippen LogP) is 2.07. The second-order valence-electron chi connectivity index (χ2n) is 7.37. The van der Waals surface area contributed by atoms with Crippen molar-refractivity contribution in [1.29, 1.82) is 0 Å². The van der Waals surface area contributed by atoms with E-state index >= 15 is 0 Å². The van der Waals surface area contributed by atoms with Gasteiger partial charge in [-0.1, -0.05) is 54.7 Å². The average molecular weight is 331 g/mol. The maximum Gasteiger partial charge on any atom is 0.352 e. The van der Waals surface area contributed by atoms with E-state index in [0.29, 0.717) is 17.5 Å². The third-order valence-electron chi connectivity index (χ3n) is 6.32. The fraction of sp³-hybridized carbons (Fsp3) is 0.300. The quantitative estimate of drug-likeness (QED) is 0.751. The lowest BCUT2D eigenvalue weighted by molar-refractivity contribution is 0.118. The molecule has 0 N–H and O–H groups in total. The van der Waals surface area contributed by atoms with Gasteiger partial charge in [0.05, 0.1) is 17.8 Å². The Hall–Kier alpha value is -2.82. The smallest absolute Gasteiger partial charge is 0.245 e. The summed E-state index contributed by atoms with van der Waals surface area (Å²) in [6, 6.07) is 9.01. The zero-order valence-corrected chi connectivity index (χ0v) is 13.5. The number of fused-ring (bicyclic) bond motifs is 2. The van der Waals surface area contributed by atoms with Crippen LogP contribution < -0.4 is 11.4 Å². The first-order valence-corrected chi connectivity index (χ1v) is 8.82. The van der Waals surface area contributed by atoms with Crippen molar-refractivity contribution in [2.75, 3.05) is 0 Å². The molecule has 4 aliphatic rings. The van der Waals surface area contributed by atoms with Crippen LogP contribution in [0.4, 0.5) is 0 Å². The minimum atomic E-state index is -0.239. The van der Waals surface area contributed by atoms with Crippen molar-refractivity contribution in [2.45, 2.75) is 12.1 Å². The van der Waals surface area contributed by atoms with Gasteiger partial charge in [-0.3, -0.25) is 0 Å². The molecule has 0 unspecified atom stereocenters. The fourth-order valence-corrected chi connectivity index (χ4v) is 5.12. The molecule has 1 aromatic heterocycles. The molecule has 6 rings (SSSR count). The van der Waals surface area contributed by atoms with E-state index in [1.807, 2.05) is 30.3 Å². The van der Waals surface area contributed by atoms with Crippen molar-refractivity contribution in [3.63, 3.8) is 0 Å². The summed E-state index contributed by atoms with van der Waals surface area (Å²) in [6.07, 6.45) is 13.3. The third kappa shape index (κ3) is 1.50. The van der Waals surface area contributed by atoms with Gasteiger partial charge in [-0.2, -0.15) is 0 Å². The van der Waals surface area contributed by atoms with Gasteiger partial charge in [0, 0.05) is 11.8 Å². The Morgan fingerprint density at radius 2 is 1.08 bits per heavy atom. The summed E-state index contributed by atoms with van der Waals surface area (Å²) in [5.41, 5.74) is 0.151. The van der Waals surface area contributed by atoms with Crippen molar-refractivity contribution < 1.29 is 0 Å². The molecule has 0 spiro atoms. The van der Waals surface area contributed by atoms with E-state index in [0.717, 1.165) is 0 Å². The van der Waals surface area contributed by atoms with Crippen LogP contribution in [-0.2, 0) is 0 Å². The van der Waals surface area contributed by atoms with Crippen LogP contribution in [0.1, 0.15) is 12.1 Å². The molecule has 0 saturated carbocycles. The molecule has 0 amide bonds. The van der Waals surface area contributed by atoms with Crippen LogP contribution >= 0.6 is 0 Å². The highest BCUT2D eigenvalue weighted by Crippen LogP contribution is 2.53. The molecule has 1 aromatic carbocycles. The van der Waals surface area contributed by atoms with Gasteiger partial charge < -0.3 is 0 Å². The Bertz CT molecular complexity index is 1020. The molecule has 0 saturated heterocycles. The lowest BCUT2D eigenvalue weighted by Crippen LogP contribution is -2.50. The average Bonchev–Trinajstić information content (AvgIpc) is 2.85. The van der Waals surface area contributed by atoms with Crippen LogP contribution in [0.5, 0.6) is 0 Å².